The average molecular weight is 306 g/mol. The Morgan fingerprint density at radius 1 is 1.10 bits per heavy atom. The molecule has 3 nitrogen and oxygen atoms in total. The molecule has 112 valence electrons. The Morgan fingerprint density at radius 3 is 2.52 bits per heavy atom. The highest BCUT2D eigenvalue weighted by Crippen LogP contribution is 2.21. The van der Waals surface area contributed by atoms with Gasteiger partial charge < -0.3 is 14.8 Å². The van der Waals surface area contributed by atoms with E-state index in [-0.39, 0.29) is 6.04 Å². The van der Waals surface area contributed by atoms with Crippen molar-refractivity contribution in [3.63, 3.8) is 0 Å². The molecule has 2 aromatic carbocycles. The SMILES string of the molecule is CCNC(COc1ccc(Cl)cc1)c1cccc(OC)c1. The predicted molar refractivity (Wildman–Crippen MR) is 86.4 cm³/mol. The number of hydrogen-bond acceptors (Lipinski definition) is 3. The number of benzene rings is 2. The highest BCUT2D eigenvalue weighted by atomic mass is 35.5. The monoisotopic (exact) mass is 305 g/mol. The zero-order valence-electron chi connectivity index (χ0n) is 12.3. The second kappa shape index (κ2) is 7.91. The first-order chi connectivity index (χ1) is 10.2. The van der Waals surface area contributed by atoms with Crippen LogP contribution >= 0.6 is 11.6 Å². The summed E-state index contributed by atoms with van der Waals surface area (Å²) in [6, 6.07) is 15.5. The van der Waals surface area contributed by atoms with E-state index < -0.39 is 0 Å². The maximum atomic E-state index is 5.87. The summed E-state index contributed by atoms with van der Waals surface area (Å²) in [7, 11) is 1.67. The first-order valence-corrected chi connectivity index (χ1v) is 7.36. The molecule has 2 aromatic rings. The van der Waals surface area contributed by atoms with E-state index in [9.17, 15) is 0 Å². The highest BCUT2D eigenvalue weighted by molar-refractivity contribution is 6.30. The summed E-state index contributed by atoms with van der Waals surface area (Å²) in [6.07, 6.45) is 0. The third-order valence-corrected chi connectivity index (χ3v) is 3.43. The Hall–Kier alpha value is -1.71. The van der Waals surface area contributed by atoms with Crippen molar-refractivity contribution in [1.82, 2.24) is 5.32 Å². The molecule has 0 aliphatic carbocycles. The Kier molecular flexibility index (Phi) is 5.90. The lowest BCUT2D eigenvalue weighted by atomic mass is 10.1. The highest BCUT2D eigenvalue weighted by Gasteiger charge is 2.12. The van der Waals surface area contributed by atoms with Crippen molar-refractivity contribution in [2.75, 3.05) is 20.3 Å². The topological polar surface area (TPSA) is 30.5 Å². The van der Waals surface area contributed by atoms with Gasteiger partial charge in [0.15, 0.2) is 0 Å². The van der Waals surface area contributed by atoms with E-state index in [1.807, 2.05) is 42.5 Å². The Labute approximate surface area is 130 Å². The van der Waals surface area contributed by atoms with Gasteiger partial charge in [0.25, 0.3) is 0 Å². The van der Waals surface area contributed by atoms with Gasteiger partial charge in [-0.1, -0.05) is 30.7 Å². The normalized spacial score (nSPS) is 12.0. The standard InChI is InChI=1S/C17H20ClNO2/c1-3-19-17(13-5-4-6-16(11-13)20-2)12-21-15-9-7-14(18)8-10-15/h4-11,17,19H,3,12H2,1-2H3. The third-order valence-electron chi connectivity index (χ3n) is 3.18. The van der Waals surface area contributed by atoms with Crippen molar-refractivity contribution in [1.29, 1.82) is 0 Å². The van der Waals surface area contributed by atoms with Crippen LogP contribution < -0.4 is 14.8 Å². The molecular weight excluding hydrogens is 286 g/mol. The number of ether oxygens (including phenoxy) is 2. The number of halogens is 1. The quantitative estimate of drug-likeness (QED) is 0.836. The summed E-state index contributed by atoms with van der Waals surface area (Å²) >= 11 is 5.87. The number of methoxy groups -OCH3 is 1. The molecule has 0 heterocycles. The van der Waals surface area contributed by atoms with Crippen molar-refractivity contribution in [2.45, 2.75) is 13.0 Å². The van der Waals surface area contributed by atoms with Crippen molar-refractivity contribution in [3.8, 4) is 11.5 Å². The average Bonchev–Trinajstić information content (AvgIpc) is 2.53. The molecule has 0 saturated carbocycles. The molecular formula is C17H20ClNO2. The van der Waals surface area contributed by atoms with Crippen LogP contribution in [0.2, 0.25) is 5.02 Å². The van der Waals surface area contributed by atoms with Crippen LogP contribution in [0.1, 0.15) is 18.5 Å². The van der Waals surface area contributed by atoms with E-state index in [0.717, 1.165) is 23.6 Å². The summed E-state index contributed by atoms with van der Waals surface area (Å²) in [5.41, 5.74) is 1.14. The molecule has 0 aromatic heterocycles. The molecule has 0 fully saturated rings. The van der Waals surface area contributed by atoms with Gasteiger partial charge in [-0.05, 0) is 48.5 Å². The van der Waals surface area contributed by atoms with Crippen LogP contribution in [0, 0.1) is 0 Å². The first-order valence-electron chi connectivity index (χ1n) is 6.98. The number of nitrogens with one attached hydrogen (secondary N) is 1. The van der Waals surface area contributed by atoms with E-state index >= 15 is 0 Å². The maximum absolute atomic E-state index is 5.87. The fourth-order valence-corrected chi connectivity index (χ4v) is 2.21. The largest absolute Gasteiger partial charge is 0.497 e. The summed E-state index contributed by atoms with van der Waals surface area (Å²) in [4.78, 5) is 0. The van der Waals surface area contributed by atoms with Crippen LogP contribution in [0.3, 0.4) is 0 Å². The smallest absolute Gasteiger partial charge is 0.119 e. The number of rotatable bonds is 7. The lowest BCUT2D eigenvalue weighted by molar-refractivity contribution is 0.268. The molecule has 0 bridgehead atoms. The van der Waals surface area contributed by atoms with Crippen LogP contribution in [0.5, 0.6) is 11.5 Å². The molecule has 0 amide bonds. The summed E-state index contributed by atoms with van der Waals surface area (Å²) in [6.45, 7) is 3.49. The van der Waals surface area contributed by atoms with Gasteiger partial charge in [-0.25, -0.2) is 0 Å². The van der Waals surface area contributed by atoms with Crippen LogP contribution in [-0.4, -0.2) is 20.3 Å². The second-order valence-corrected chi connectivity index (χ2v) is 5.09. The zero-order chi connectivity index (χ0) is 15.1. The van der Waals surface area contributed by atoms with E-state index in [1.165, 1.54) is 0 Å². The zero-order valence-corrected chi connectivity index (χ0v) is 13.1. The fraction of sp³-hybridized carbons (Fsp3) is 0.294. The van der Waals surface area contributed by atoms with Gasteiger partial charge in [-0.2, -0.15) is 0 Å². The second-order valence-electron chi connectivity index (χ2n) is 4.65. The van der Waals surface area contributed by atoms with E-state index in [1.54, 1.807) is 7.11 Å². The Morgan fingerprint density at radius 2 is 1.86 bits per heavy atom. The minimum atomic E-state index is 0.112. The molecule has 0 saturated heterocycles. The Bertz CT molecular complexity index is 557. The van der Waals surface area contributed by atoms with Gasteiger partial charge in [-0.3, -0.25) is 0 Å². The van der Waals surface area contributed by atoms with E-state index in [0.29, 0.717) is 11.6 Å². The lowest BCUT2D eigenvalue weighted by Crippen LogP contribution is -2.26. The van der Waals surface area contributed by atoms with E-state index in [2.05, 4.69) is 18.3 Å². The molecule has 0 radical (unpaired) electrons. The van der Waals surface area contributed by atoms with Gasteiger partial charge in [0, 0.05) is 5.02 Å². The van der Waals surface area contributed by atoms with Crippen LogP contribution in [-0.2, 0) is 0 Å². The third kappa shape index (κ3) is 4.66. The van der Waals surface area contributed by atoms with Gasteiger partial charge in [0.05, 0.1) is 13.2 Å². The van der Waals surface area contributed by atoms with Crippen molar-refractivity contribution >= 4 is 11.6 Å². The first kappa shape index (κ1) is 15.7. The Balaban J connectivity index is 2.05. The molecule has 0 spiro atoms. The number of likely N-dealkylation sites (N-methyl/N-ethyl adjacent to an activating group) is 1. The van der Waals surface area contributed by atoms with Crippen LogP contribution in [0.25, 0.3) is 0 Å². The lowest BCUT2D eigenvalue weighted by Gasteiger charge is -2.19. The van der Waals surface area contributed by atoms with Gasteiger partial charge >= 0.3 is 0 Å². The molecule has 4 heteroatoms. The van der Waals surface area contributed by atoms with Crippen molar-refractivity contribution in [3.05, 3.63) is 59.1 Å². The van der Waals surface area contributed by atoms with E-state index in [4.69, 9.17) is 21.1 Å². The molecule has 21 heavy (non-hydrogen) atoms. The van der Waals surface area contributed by atoms with Crippen molar-refractivity contribution in [2.24, 2.45) is 0 Å². The summed E-state index contributed by atoms with van der Waals surface area (Å²) in [5, 5.41) is 4.13. The molecule has 0 aliphatic rings. The van der Waals surface area contributed by atoms with Gasteiger partial charge in [0.1, 0.15) is 18.1 Å². The van der Waals surface area contributed by atoms with Gasteiger partial charge in [0.2, 0.25) is 0 Å². The minimum Gasteiger partial charge on any atom is -0.497 e. The minimum absolute atomic E-state index is 0.112. The molecule has 2 rings (SSSR count). The van der Waals surface area contributed by atoms with Gasteiger partial charge in [-0.15, -0.1) is 0 Å². The number of hydrogen-bond donors (Lipinski definition) is 1. The van der Waals surface area contributed by atoms with Crippen LogP contribution in [0.15, 0.2) is 48.5 Å². The molecule has 1 N–H and O–H groups in total. The summed E-state index contributed by atoms with van der Waals surface area (Å²) in [5.74, 6) is 1.66. The summed E-state index contributed by atoms with van der Waals surface area (Å²) < 4.78 is 11.1. The predicted octanol–water partition coefficient (Wildman–Crippen LogP) is 4.08. The maximum Gasteiger partial charge on any atom is 0.119 e. The van der Waals surface area contributed by atoms with Crippen LogP contribution in [0.4, 0.5) is 0 Å². The molecule has 0 aliphatic heterocycles. The fourth-order valence-electron chi connectivity index (χ4n) is 2.09. The van der Waals surface area contributed by atoms with Crippen molar-refractivity contribution < 1.29 is 9.47 Å². The molecule has 1 unspecified atom stereocenters. The molecule has 1 atom stereocenters.